The molecule has 1 aromatic carbocycles. The third-order valence-electron chi connectivity index (χ3n) is 20.1. The van der Waals surface area contributed by atoms with Crippen LogP contribution < -0.4 is 5.32 Å². The number of Topliss-reactive ketones (excluding diaryl/α,β-unsaturated/α-hetero) is 1. The number of hydrogen-bond acceptors (Lipinski definition) is 5. The lowest BCUT2D eigenvalue weighted by molar-refractivity contribution is -0.221. The molecular formula is C54H78FNO4. The fourth-order valence-corrected chi connectivity index (χ4v) is 16.3. The zero-order valence-corrected chi connectivity index (χ0v) is 38.4. The summed E-state index contributed by atoms with van der Waals surface area (Å²) in [5.74, 6) is 2.94. The minimum absolute atomic E-state index is 0.0149. The molecule has 0 amide bonds. The van der Waals surface area contributed by atoms with Crippen LogP contribution in [0.15, 0.2) is 65.8 Å². The molecule has 1 aromatic rings. The largest absolute Gasteiger partial charge is 0.460 e. The lowest BCUT2D eigenvalue weighted by Gasteiger charge is -2.72. The maximum atomic E-state index is 14.8. The number of alkyl halides is 1. The molecule has 5 saturated carbocycles. The highest BCUT2D eigenvalue weighted by molar-refractivity contribution is 5.78. The van der Waals surface area contributed by atoms with E-state index in [9.17, 15) is 19.1 Å². The number of ketones is 1. The number of carbonyl (C=O) groups excluding carboxylic acids is 2. The molecule has 0 spiro atoms. The van der Waals surface area contributed by atoms with Crippen molar-refractivity contribution in [2.45, 2.75) is 175 Å². The van der Waals surface area contributed by atoms with Crippen molar-refractivity contribution in [2.75, 3.05) is 13.2 Å². The zero-order valence-electron chi connectivity index (χ0n) is 38.4. The molecule has 0 bridgehead atoms. The van der Waals surface area contributed by atoms with Gasteiger partial charge < -0.3 is 15.2 Å². The Kier molecular flexibility index (Phi) is 11.7. The van der Waals surface area contributed by atoms with Crippen LogP contribution in [0.4, 0.5) is 4.39 Å². The number of hydrogen-bond donors (Lipinski definition) is 2. The summed E-state index contributed by atoms with van der Waals surface area (Å²) in [4.78, 5) is 25.4. The van der Waals surface area contributed by atoms with E-state index in [2.05, 4.69) is 65.6 Å². The number of ether oxygens (including phenoxy) is 1. The van der Waals surface area contributed by atoms with Gasteiger partial charge in [0.15, 0.2) is 0 Å². The molecule has 0 aromatic heterocycles. The van der Waals surface area contributed by atoms with E-state index in [-0.39, 0.29) is 45.5 Å². The number of esters is 1. The second kappa shape index (κ2) is 15.9. The van der Waals surface area contributed by atoms with E-state index in [4.69, 9.17) is 4.74 Å². The average Bonchev–Trinajstić information content (AvgIpc) is 3.60. The van der Waals surface area contributed by atoms with Crippen LogP contribution in [0.25, 0.3) is 0 Å². The maximum Gasteiger partial charge on any atom is 0.315 e. The predicted octanol–water partition coefficient (Wildman–Crippen LogP) is 12.2. The summed E-state index contributed by atoms with van der Waals surface area (Å²) < 4.78 is 20.5. The topological polar surface area (TPSA) is 75.6 Å². The van der Waals surface area contributed by atoms with Crippen LogP contribution in [0.3, 0.4) is 0 Å². The van der Waals surface area contributed by atoms with Crippen LogP contribution in [-0.4, -0.2) is 41.2 Å². The highest BCUT2D eigenvalue weighted by Crippen LogP contribution is 2.76. The van der Waals surface area contributed by atoms with Crippen molar-refractivity contribution in [1.82, 2.24) is 5.32 Å². The van der Waals surface area contributed by atoms with Crippen LogP contribution in [-0.2, 0) is 20.9 Å². The fourth-order valence-electron chi connectivity index (χ4n) is 16.3. The lowest BCUT2D eigenvalue weighted by Crippen LogP contribution is -2.68. The number of aliphatic hydroxyl groups is 1. The molecule has 6 heteroatoms. The van der Waals surface area contributed by atoms with Gasteiger partial charge in [-0.15, -0.1) is 0 Å². The minimum Gasteiger partial charge on any atom is -0.460 e. The molecule has 0 radical (unpaired) electrons. The van der Waals surface area contributed by atoms with Gasteiger partial charge in [0.05, 0.1) is 11.0 Å². The summed E-state index contributed by atoms with van der Waals surface area (Å²) in [5.41, 5.74) is 4.05. The van der Waals surface area contributed by atoms with Crippen molar-refractivity contribution in [3.63, 3.8) is 0 Å². The highest BCUT2D eigenvalue weighted by Gasteiger charge is 2.70. The SMILES string of the molecule is C=C(C)[C@@H]1CC[C@]2(NCC[C@]3(O)CC[C@H](C(C)=O)CC3)CC[C@]3(C)[C@H](CC[C@@H]4[C@@]5(C)CC=C(C6=CC[C@](CF)(C(=O)OCc7ccccc7)CC6)C(C)(C)[C@@H]5CC[C@]43C)[C@@H]12. The molecule has 2 N–H and O–H groups in total. The van der Waals surface area contributed by atoms with Crippen molar-refractivity contribution >= 4 is 11.8 Å². The van der Waals surface area contributed by atoms with Crippen LogP contribution >= 0.6 is 0 Å². The first-order valence-corrected chi connectivity index (χ1v) is 24.2. The van der Waals surface area contributed by atoms with Gasteiger partial charge in [-0.25, -0.2) is 4.39 Å². The molecule has 60 heavy (non-hydrogen) atoms. The number of allylic oxidation sites excluding steroid dienone is 5. The van der Waals surface area contributed by atoms with Crippen LogP contribution in [0.1, 0.15) is 163 Å². The first kappa shape index (κ1) is 44.1. The van der Waals surface area contributed by atoms with E-state index >= 15 is 0 Å². The first-order chi connectivity index (χ1) is 28.4. The summed E-state index contributed by atoms with van der Waals surface area (Å²) in [5, 5.41) is 15.8. The summed E-state index contributed by atoms with van der Waals surface area (Å²) in [6.45, 7) is 22.0. The Bertz CT molecular complexity index is 1880. The Morgan fingerprint density at radius 3 is 2.22 bits per heavy atom. The van der Waals surface area contributed by atoms with Gasteiger partial charge in [-0.1, -0.05) is 89.3 Å². The summed E-state index contributed by atoms with van der Waals surface area (Å²) in [6.07, 6.45) is 21.3. The Balaban J connectivity index is 0.990. The molecule has 5 nitrogen and oxygen atoms in total. The molecule has 10 atom stereocenters. The molecule has 8 rings (SSSR count). The quantitative estimate of drug-likeness (QED) is 0.172. The van der Waals surface area contributed by atoms with Gasteiger partial charge in [0, 0.05) is 11.5 Å². The standard InChI is InChI=1S/C54H78FNO4/c1-36(2)41-20-29-54(56-33-32-53(59)27-18-39(19-28-53)37(3)57)31-30-50(7)43(46(41)54)14-15-45-49(6)23-21-42(48(4,5)44(49)22-24-51(45,50)8)40-16-25-52(35-55,26-17-40)47(58)60-34-38-12-10-9-11-13-38/h9-13,16,21,39,41,43-46,56,59H,1,14-15,17-20,22-35H2,2-8H3/t39-,41-,43+,44-,45+,46+,49-,50+,51+,52-,53-,54-/m0/s1. The monoisotopic (exact) mass is 824 g/mol. The third-order valence-corrected chi connectivity index (χ3v) is 20.1. The predicted molar refractivity (Wildman–Crippen MR) is 240 cm³/mol. The summed E-state index contributed by atoms with van der Waals surface area (Å²) in [6, 6.07) is 9.68. The smallest absolute Gasteiger partial charge is 0.315 e. The van der Waals surface area contributed by atoms with Crippen LogP contribution in [0.5, 0.6) is 0 Å². The van der Waals surface area contributed by atoms with E-state index in [1.165, 1.54) is 68.1 Å². The number of rotatable bonds is 11. The summed E-state index contributed by atoms with van der Waals surface area (Å²) in [7, 11) is 0. The van der Waals surface area contributed by atoms with Crippen LogP contribution in [0, 0.1) is 62.6 Å². The lowest BCUT2D eigenvalue weighted by atomic mass is 9.33. The van der Waals surface area contributed by atoms with Gasteiger partial charge in [0.1, 0.15) is 19.1 Å². The van der Waals surface area contributed by atoms with Crippen molar-refractivity contribution in [3.05, 3.63) is 71.3 Å². The second-order valence-electron chi connectivity index (χ2n) is 23.1. The molecule has 0 aliphatic heterocycles. The van der Waals surface area contributed by atoms with Crippen molar-refractivity contribution in [3.8, 4) is 0 Å². The van der Waals surface area contributed by atoms with Crippen LogP contribution in [0.2, 0.25) is 0 Å². The number of nitrogens with one attached hydrogen (secondary N) is 1. The number of halogens is 1. The molecular weight excluding hydrogens is 746 g/mol. The molecule has 0 heterocycles. The van der Waals surface area contributed by atoms with E-state index < -0.39 is 23.7 Å². The van der Waals surface area contributed by atoms with Crippen molar-refractivity contribution < 1.29 is 23.8 Å². The molecule has 0 unspecified atom stereocenters. The van der Waals surface area contributed by atoms with E-state index in [1.807, 2.05) is 30.3 Å². The molecule has 0 saturated heterocycles. The molecule has 7 aliphatic rings. The van der Waals surface area contributed by atoms with Crippen molar-refractivity contribution in [2.24, 2.45) is 62.6 Å². The van der Waals surface area contributed by atoms with E-state index in [1.54, 1.807) is 6.92 Å². The molecule has 5 fully saturated rings. The van der Waals surface area contributed by atoms with Gasteiger partial charge in [-0.2, -0.15) is 0 Å². The Labute approximate surface area is 362 Å². The van der Waals surface area contributed by atoms with Gasteiger partial charge >= 0.3 is 5.97 Å². The first-order valence-electron chi connectivity index (χ1n) is 24.2. The number of benzene rings is 1. The third kappa shape index (κ3) is 7.07. The van der Waals surface area contributed by atoms with E-state index in [0.717, 1.165) is 50.6 Å². The van der Waals surface area contributed by atoms with Gasteiger partial charge in [0.25, 0.3) is 0 Å². The zero-order chi connectivity index (χ0) is 42.9. The second-order valence-corrected chi connectivity index (χ2v) is 23.1. The summed E-state index contributed by atoms with van der Waals surface area (Å²) >= 11 is 0. The molecule has 7 aliphatic carbocycles. The van der Waals surface area contributed by atoms with Gasteiger partial charge in [0.2, 0.25) is 0 Å². The van der Waals surface area contributed by atoms with E-state index in [0.29, 0.717) is 48.9 Å². The van der Waals surface area contributed by atoms with Gasteiger partial charge in [-0.3, -0.25) is 9.59 Å². The Morgan fingerprint density at radius 2 is 1.57 bits per heavy atom. The minimum atomic E-state index is -1.10. The van der Waals surface area contributed by atoms with Gasteiger partial charge in [-0.05, 0) is 198 Å². The van der Waals surface area contributed by atoms with Crippen molar-refractivity contribution in [1.29, 1.82) is 0 Å². The average molecular weight is 824 g/mol. The number of carbonyl (C=O) groups is 2. The Hall–Kier alpha value is -2.57. The highest BCUT2D eigenvalue weighted by atomic mass is 19.1. The number of fused-ring (bicyclic) bond motifs is 7. The Morgan fingerprint density at radius 1 is 0.833 bits per heavy atom. The maximum absolute atomic E-state index is 14.8. The fraction of sp³-hybridized carbons (Fsp3) is 0.741. The molecule has 330 valence electrons. The normalized spacial score (nSPS) is 43.3.